The lowest BCUT2D eigenvalue weighted by Crippen LogP contribution is -2.35. The third kappa shape index (κ3) is 3.78. The summed E-state index contributed by atoms with van der Waals surface area (Å²) in [5, 5.41) is 0. The number of methoxy groups -OCH3 is 1. The molecule has 4 rings (SSSR count). The zero-order valence-corrected chi connectivity index (χ0v) is 16.2. The molecule has 2 saturated heterocycles. The highest BCUT2D eigenvalue weighted by atomic mass is 16.6. The molecule has 7 heteroatoms. The number of hydrogen-bond donors (Lipinski definition) is 0. The first-order valence-electron chi connectivity index (χ1n) is 9.71. The molecule has 0 bridgehead atoms. The number of fused-ring (bicyclic) bond motifs is 1. The van der Waals surface area contributed by atoms with Crippen LogP contribution in [0, 0.1) is 0 Å². The summed E-state index contributed by atoms with van der Waals surface area (Å²) in [7, 11) is 3.50. The highest BCUT2D eigenvalue weighted by molar-refractivity contribution is 5.70. The van der Waals surface area contributed by atoms with Gasteiger partial charge < -0.3 is 23.8 Å². The molecule has 1 amide bonds. The van der Waals surface area contributed by atoms with Gasteiger partial charge in [-0.15, -0.1) is 0 Å². The van der Waals surface area contributed by atoms with E-state index in [0.717, 1.165) is 68.1 Å². The Hall–Kier alpha value is -2.15. The number of ether oxygens (including phenoxy) is 4. The maximum Gasteiger partial charge on any atom is 0.410 e. The summed E-state index contributed by atoms with van der Waals surface area (Å²) in [6, 6.07) is 3.98. The van der Waals surface area contributed by atoms with E-state index in [1.165, 1.54) is 0 Å². The van der Waals surface area contributed by atoms with Crippen LogP contribution in [0.3, 0.4) is 0 Å². The molecule has 0 aliphatic carbocycles. The molecule has 1 atom stereocenters. The molecule has 148 valence electrons. The van der Waals surface area contributed by atoms with Crippen LogP contribution in [0.1, 0.15) is 31.2 Å². The Morgan fingerprint density at radius 2 is 1.89 bits per heavy atom. The van der Waals surface area contributed by atoms with E-state index in [1.54, 1.807) is 12.0 Å². The lowest BCUT2D eigenvalue weighted by atomic mass is 9.95. The number of rotatable bonds is 3. The quantitative estimate of drug-likeness (QED) is 0.808. The van der Waals surface area contributed by atoms with Crippen LogP contribution in [0.5, 0.6) is 17.2 Å². The molecule has 1 aromatic rings. The molecule has 3 aliphatic rings. The van der Waals surface area contributed by atoms with Crippen molar-refractivity contribution in [3.8, 4) is 17.2 Å². The average molecular weight is 376 g/mol. The minimum Gasteiger partial charge on any atom is -0.496 e. The van der Waals surface area contributed by atoms with E-state index >= 15 is 0 Å². The van der Waals surface area contributed by atoms with Crippen molar-refractivity contribution in [2.24, 2.45) is 0 Å². The number of likely N-dealkylation sites (N-methyl/N-ethyl adjacent to an activating group) is 1. The molecule has 3 heterocycles. The van der Waals surface area contributed by atoms with Crippen molar-refractivity contribution in [2.45, 2.75) is 37.8 Å². The van der Waals surface area contributed by atoms with E-state index in [1.807, 2.05) is 19.2 Å². The summed E-state index contributed by atoms with van der Waals surface area (Å²) >= 11 is 0. The van der Waals surface area contributed by atoms with Crippen molar-refractivity contribution in [1.29, 1.82) is 0 Å². The summed E-state index contributed by atoms with van der Waals surface area (Å²) < 4.78 is 22.9. The van der Waals surface area contributed by atoms with E-state index < -0.39 is 0 Å². The van der Waals surface area contributed by atoms with Gasteiger partial charge in [0, 0.05) is 44.6 Å². The number of carbonyl (C=O) groups is 1. The van der Waals surface area contributed by atoms with Gasteiger partial charge in [-0.3, -0.25) is 4.90 Å². The van der Waals surface area contributed by atoms with Gasteiger partial charge in [-0.2, -0.15) is 0 Å². The lowest BCUT2D eigenvalue weighted by Gasteiger charge is -2.25. The van der Waals surface area contributed by atoms with Crippen LogP contribution in [0.15, 0.2) is 12.1 Å². The van der Waals surface area contributed by atoms with Crippen molar-refractivity contribution >= 4 is 6.09 Å². The van der Waals surface area contributed by atoms with Crippen LogP contribution in [-0.2, 0) is 11.3 Å². The predicted molar refractivity (Wildman–Crippen MR) is 99.6 cm³/mol. The van der Waals surface area contributed by atoms with E-state index in [0.29, 0.717) is 19.8 Å². The van der Waals surface area contributed by atoms with Crippen LogP contribution in [0.25, 0.3) is 0 Å². The standard InChI is InChI=1S/C20H28N2O5/c1-21-14-20(27-19(21)23)5-3-7-22(8-6-20)13-15-11-17-18(12-16(15)24-2)26-10-4-9-25-17/h11-12H,3-10,13-14H2,1-2H3. The van der Waals surface area contributed by atoms with E-state index in [9.17, 15) is 4.79 Å². The Morgan fingerprint density at radius 1 is 1.11 bits per heavy atom. The number of likely N-dealkylation sites (tertiary alicyclic amines) is 1. The number of carbonyl (C=O) groups excluding carboxylic acids is 1. The Labute approximate surface area is 160 Å². The molecule has 0 N–H and O–H groups in total. The number of hydrogen-bond acceptors (Lipinski definition) is 6. The normalized spacial score (nSPS) is 25.9. The fourth-order valence-corrected chi connectivity index (χ4v) is 4.22. The molecular formula is C20H28N2O5. The second-order valence-corrected chi connectivity index (χ2v) is 7.70. The van der Waals surface area contributed by atoms with Gasteiger partial charge in [0.05, 0.1) is 26.9 Å². The molecule has 0 saturated carbocycles. The minimum atomic E-state index is -0.324. The van der Waals surface area contributed by atoms with Gasteiger partial charge in [0.15, 0.2) is 11.5 Å². The molecule has 27 heavy (non-hydrogen) atoms. The van der Waals surface area contributed by atoms with Crippen LogP contribution < -0.4 is 14.2 Å². The highest BCUT2D eigenvalue weighted by Crippen LogP contribution is 2.38. The summed E-state index contributed by atoms with van der Waals surface area (Å²) in [4.78, 5) is 15.9. The van der Waals surface area contributed by atoms with Gasteiger partial charge in [0.1, 0.15) is 11.4 Å². The molecule has 1 spiro atoms. The van der Waals surface area contributed by atoms with Gasteiger partial charge in [0.25, 0.3) is 0 Å². The largest absolute Gasteiger partial charge is 0.496 e. The van der Waals surface area contributed by atoms with Crippen LogP contribution in [0.4, 0.5) is 4.79 Å². The Bertz CT molecular complexity index is 710. The van der Waals surface area contributed by atoms with Crippen LogP contribution in [-0.4, -0.2) is 68.5 Å². The van der Waals surface area contributed by atoms with Crippen molar-refractivity contribution in [1.82, 2.24) is 9.80 Å². The molecule has 7 nitrogen and oxygen atoms in total. The molecule has 0 aromatic heterocycles. The van der Waals surface area contributed by atoms with Gasteiger partial charge in [-0.25, -0.2) is 4.79 Å². The fraction of sp³-hybridized carbons (Fsp3) is 0.650. The molecule has 1 unspecified atom stereocenters. The van der Waals surface area contributed by atoms with Crippen molar-refractivity contribution in [3.05, 3.63) is 17.7 Å². The summed E-state index contributed by atoms with van der Waals surface area (Å²) in [6.07, 6.45) is 3.46. The highest BCUT2D eigenvalue weighted by Gasteiger charge is 2.44. The van der Waals surface area contributed by atoms with Crippen LogP contribution >= 0.6 is 0 Å². The molecule has 1 aromatic carbocycles. The SMILES string of the molecule is COc1cc2c(cc1CN1CCCC3(CC1)CN(C)C(=O)O3)OCCCO2. The zero-order chi connectivity index (χ0) is 18.9. The maximum absolute atomic E-state index is 11.8. The van der Waals surface area contributed by atoms with Gasteiger partial charge in [-0.1, -0.05) is 0 Å². The van der Waals surface area contributed by atoms with E-state index in [-0.39, 0.29) is 11.7 Å². The summed E-state index contributed by atoms with van der Waals surface area (Å²) in [5.41, 5.74) is 0.772. The van der Waals surface area contributed by atoms with Gasteiger partial charge >= 0.3 is 6.09 Å². The van der Waals surface area contributed by atoms with E-state index in [4.69, 9.17) is 18.9 Å². The third-order valence-electron chi connectivity index (χ3n) is 5.68. The van der Waals surface area contributed by atoms with E-state index in [2.05, 4.69) is 4.90 Å². The minimum absolute atomic E-state index is 0.201. The predicted octanol–water partition coefficient (Wildman–Crippen LogP) is 2.66. The number of amides is 1. The first-order chi connectivity index (χ1) is 13.1. The summed E-state index contributed by atoms with van der Waals surface area (Å²) in [6.45, 7) is 4.66. The molecule has 3 aliphatic heterocycles. The zero-order valence-electron chi connectivity index (χ0n) is 16.2. The topological polar surface area (TPSA) is 60.5 Å². The second kappa shape index (κ2) is 7.46. The first kappa shape index (κ1) is 18.2. The van der Waals surface area contributed by atoms with Crippen molar-refractivity contribution in [2.75, 3.05) is 47.0 Å². The molecular weight excluding hydrogens is 348 g/mol. The van der Waals surface area contributed by atoms with Gasteiger partial charge in [-0.05, 0) is 25.5 Å². The lowest BCUT2D eigenvalue weighted by molar-refractivity contribution is 0.0443. The maximum atomic E-state index is 11.8. The van der Waals surface area contributed by atoms with Crippen LogP contribution in [0.2, 0.25) is 0 Å². The monoisotopic (exact) mass is 376 g/mol. The number of benzene rings is 1. The third-order valence-corrected chi connectivity index (χ3v) is 5.68. The Kier molecular flexibility index (Phi) is 5.04. The molecule has 0 radical (unpaired) electrons. The smallest absolute Gasteiger partial charge is 0.410 e. The first-order valence-corrected chi connectivity index (χ1v) is 9.71. The number of nitrogens with zero attached hydrogens (tertiary/aromatic N) is 2. The Balaban J connectivity index is 1.47. The van der Waals surface area contributed by atoms with Crippen molar-refractivity contribution < 1.29 is 23.7 Å². The van der Waals surface area contributed by atoms with Gasteiger partial charge in [0.2, 0.25) is 0 Å². The summed E-state index contributed by atoms with van der Waals surface area (Å²) in [5.74, 6) is 2.37. The van der Waals surface area contributed by atoms with Crippen molar-refractivity contribution in [3.63, 3.8) is 0 Å². The molecule has 2 fully saturated rings. The second-order valence-electron chi connectivity index (χ2n) is 7.70. The fourth-order valence-electron chi connectivity index (χ4n) is 4.22. The Morgan fingerprint density at radius 3 is 2.59 bits per heavy atom. The average Bonchev–Trinajstić information content (AvgIpc) is 2.84.